The summed E-state index contributed by atoms with van der Waals surface area (Å²) in [7, 11) is 3.66. The van der Waals surface area contributed by atoms with E-state index in [0.717, 1.165) is 5.69 Å². The molecule has 0 aromatic carbocycles. The molecule has 1 radical (unpaired) electrons. The van der Waals surface area contributed by atoms with Crippen LogP contribution in [0, 0.1) is 7.05 Å². The van der Waals surface area contributed by atoms with Crippen LogP contribution in [-0.4, -0.2) is 9.78 Å². The van der Waals surface area contributed by atoms with E-state index in [1.54, 1.807) is 4.68 Å². The fraction of sp³-hybridized carbons (Fsp3) is 0.500. The third-order valence-corrected chi connectivity index (χ3v) is 1.41. The molecule has 0 N–H and O–H groups in total. The average molecular weight is 137 g/mol. The first-order valence-electron chi connectivity index (χ1n) is 3.37. The van der Waals surface area contributed by atoms with Crippen LogP contribution >= 0.6 is 0 Å². The standard InChI is InChI=1S/C8H13N2/c1-8(2,3)7-5-6-10(4)9-7/h5-6H,4H2,1-3H3. The summed E-state index contributed by atoms with van der Waals surface area (Å²) in [5.41, 5.74) is 1.23. The number of hydrogen-bond acceptors (Lipinski definition) is 1. The first-order valence-corrected chi connectivity index (χ1v) is 3.37. The summed E-state index contributed by atoms with van der Waals surface area (Å²) in [5.74, 6) is 0. The number of nitrogens with zero attached hydrogens (tertiary/aromatic N) is 2. The van der Waals surface area contributed by atoms with Gasteiger partial charge in [0, 0.05) is 11.6 Å². The fourth-order valence-electron chi connectivity index (χ4n) is 0.762. The third kappa shape index (κ3) is 1.38. The molecule has 1 aromatic rings. The van der Waals surface area contributed by atoms with Crippen molar-refractivity contribution in [1.29, 1.82) is 0 Å². The van der Waals surface area contributed by atoms with Crippen molar-refractivity contribution in [2.24, 2.45) is 0 Å². The molecule has 0 spiro atoms. The molecule has 1 aromatic heterocycles. The third-order valence-electron chi connectivity index (χ3n) is 1.41. The van der Waals surface area contributed by atoms with Crippen molar-refractivity contribution in [2.75, 3.05) is 0 Å². The molecule has 10 heavy (non-hydrogen) atoms. The normalized spacial score (nSPS) is 12.0. The lowest BCUT2D eigenvalue weighted by molar-refractivity contribution is 0.560. The van der Waals surface area contributed by atoms with E-state index < -0.39 is 0 Å². The summed E-state index contributed by atoms with van der Waals surface area (Å²) in [4.78, 5) is 0. The van der Waals surface area contributed by atoms with Crippen LogP contribution in [0.25, 0.3) is 0 Å². The molecule has 2 nitrogen and oxygen atoms in total. The summed E-state index contributed by atoms with van der Waals surface area (Å²) in [6.07, 6.45) is 1.86. The predicted molar refractivity (Wildman–Crippen MR) is 41.7 cm³/mol. The van der Waals surface area contributed by atoms with Gasteiger partial charge in [-0.1, -0.05) is 20.8 Å². The van der Waals surface area contributed by atoms with Crippen LogP contribution in [0.5, 0.6) is 0 Å². The summed E-state index contributed by atoms with van der Waals surface area (Å²) in [6.45, 7) is 6.40. The molecular formula is C8H13N2. The van der Waals surface area contributed by atoms with Crippen molar-refractivity contribution in [3.8, 4) is 0 Å². The van der Waals surface area contributed by atoms with Crippen LogP contribution in [-0.2, 0) is 5.41 Å². The Labute approximate surface area is 61.9 Å². The second kappa shape index (κ2) is 2.11. The van der Waals surface area contributed by atoms with Gasteiger partial charge < -0.3 is 0 Å². The Morgan fingerprint density at radius 1 is 1.50 bits per heavy atom. The van der Waals surface area contributed by atoms with Crippen LogP contribution in [0.15, 0.2) is 12.3 Å². The SMILES string of the molecule is [CH2]n1ccc(C(C)(C)C)n1. The topological polar surface area (TPSA) is 17.8 Å². The van der Waals surface area contributed by atoms with Gasteiger partial charge in [-0.25, -0.2) is 0 Å². The number of rotatable bonds is 0. The van der Waals surface area contributed by atoms with Gasteiger partial charge in [-0.05, 0) is 6.07 Å². The maximum atomic E-state index is 4.19. The van der Waals surface area contributed by atoms with Crippen LogP contribution in [0.4, 0.5) is 0 Å². The van der Waals surface area contributed by atoms with E-state index in [0.29, 0.717) is 0 Å². The van der Waals surface area contributed by atoms with Gasteiger partial charge >= 0.3 is 0 Å². The molecule has 0 aliphatic heterocycles. The van der Waals surface area contributed by atoms with Gasteiger partial charge in [-0.2, -0.15) is 5.10 Å². The van der Waals surface area contributed by atoms with Crippen LogP contribution < -0.4 is 0 Å². The molecule has 0 saturated carbocycles. The Hall–Kier alpha value is -0.790. The van der Waals surface area contributed by atoms with Crippen molar-refractivity contribution in [3.05, 3.63) is 25.0 Å². The molecule has 1 heterocycles. The lowest BCUT2D eigenvalue weighted by atomic mass is 9.93. The molecule has 0 saturated heterocycles. The number of aromatic nitrogens is 2. The molecule has 0 fully saturated rings. The van der Waals surface area contributed by atoms with Crippen molar-refractivity contribution >= 4 is 0 Å². The van der Waals surface area contributed by atoms with E-state index in [4.69, 9.17) is 0 Å². The zero-order valence-electron chi connectivity index (χ0n) is 6.76. The fourth-order valence-corrected chi connectivity index (χ4v) is 0.762. The Morgan fingerprint density at radius 3 is 2.30 bits per heavy atom. The van der Waals surface area contributed by atoms with Gasteiger partial charge in [0.15, 0.2) is 0 Å². The maximum Gasteiger partial charge on any atom is 0.0677 e. The molecule has 0 bridgehead atoms. The van der Waals surface area contributed by atoms with Gasteiger partial charge in [-0.15, -0.1) is 0 Å². The van der Waals surface area contributed by atoms with Crippen molar-refractivity contribution in [3.63, 3.8) is 0 Å². The minimum absolute atomic E-state index is 0.142. The van der Waals surface area contributed by atoms with Gasteiger partial charge in [0.05, 0.1) is 12.7 Å². The van der Waals surface area contributed by atoms with Gasteiger partial charge in [0.1, 0.15) is 0 Å². The van der Waals surface area contributed by atoms with Gasteiger partial charge in [-0.3, -0.25) is 4.68 Å². The van der Waals surface area contributed by atoms with E-state index in [1.165, 1.54) is 0 Å². The molecule has 0 amide bonds. The van der Waals surface area contributed by atoms with Crippen LogP contribution in [0.3, 0.4) is 0 Å². The van der Waals surface area contributed by atoms with Crippen molar-refractivity contribution in [1.82, 2.24) is 9.78 Å². The van der Waals surface area contributed by atoms with Crippen molar-refractivity contribution < 1.29 is 0 Å². The van der Waals surface area contributed by atoms with Gasteiger partial charge in [0.2, 0.25) is 0 Å². The van der Waals surface area contributed by atoms with E-state index in [-0.39, 0.29) is 5.41 Å². The Bertz CT molecular complexity index is 217. The van der Waals surface area contributed by atoms with E-state index in [9.17, 15) is 0 Å². The molecule has 0 aliphatic rings. The molecule has 2 heteroatoms. The largest absolute Gasteiger partial charge is 0.271 e. The highest BCUT2D eigenvalue weighted by Gasteiger charge is 2.15. The highest BCUT2D eigenvalue weighted by atomic mass is 15.2. The van der Waals surface area contributed by atoms with E-state index in [1.807, 2.05) is 12.3 Å². The lowest BCUT2D eigenvalue weighted by Gasteiger charge is -2.13. The first-order chi connectivity index (χ1) is 4.50. The smallest absolute Gasteiger partial charge is 0.0677 e. The van der Waals surface area contributed by atoms with E-state index in [2.05, 4.69) is 32.9 Å². The molecule has 0 atom stereocenters. The summed E-state index contributed by atoms with van der Waals surface area (Å²) in [6, 6.07) is 1.99. The highest BCUT2D eigenvalue weighted by Crippen LogP contribution is 2.18. The zero-order valence-corrected chi connectivity index (χ0v) is 6.76. The monoisotopic (exact) mass is 137 g/mol. The predicted octanol–water partition coefficient (Wildman–Crippen LogP) is 1.82. The molecule has 55 valence electrons. The second-order valence-electron chi connectivity index (χ2n) is 3.49. The molecule has 0 aliphatic carbocycles. The lowest BCUT2D eigenvalue weighted by Crippen LogP contribution is -2.12. The zero-order chi connectivity index (χ0) is 7.78. The Balaban J connectivity index is 2.96. The van der Waals surface area contributed by atoms with Crippen molar-refractivity contribution in [2.45, 2.75) is 26.2 Å². The minimum atomic E-state index is 0.142. The van der Waals surface area contributed by atoms with E-state index >= 15 is 0 Å². The maximum absolute atomic E-state index is 4.19. The number of hydrogen-bond donors (Lipinski definition) is 0. The van der Waals surface area contributed by atoms with Gasteiger partial charge in [0.25, 0.3) is 0 Å². The molecular weight excluding hydrogens is 124 g/mol. The first kappa shape index (κ1) is 7.32. The summed E-state index contributed by atoms with van der Waals surface area (Å²) >= 11 is 0. The summed E-state index contributed by atoms with van der Waals surface area (Å²) in [5, 5.41) is 4.19. The highest BCUT2D eigenvalue weighted by molar-refractivity contribution is 5.10. The Morgan fingerprint density at radius 2 is 2.10 bits per heavy atom. The Kier molecular flexibility index (Phi) is 1.55. The quantitative estimate of drug-likeness (QED) is 0.533. The minimum Gasteiger partial charge on any atom is -0.271 e. The molecule has 0 unspecified atom stereocenters. The molecule has 1 rings (SSSR count). The average Bonchev–Trinajstić information content (AvgIpc) is 2.11. The van der Waals surface area contributed by atoms with Crippen LogP contribution in [0.1, 0.15) is 26.5 Å². The van der Waals surface area contributed by atoms with Crippen LogP contribution in [0.2, 0.25) is 0 Å². The second-order valence-corrected chi connectivity index (χ2v) is 3.49. The summed E-state index contributed by atoms with van der Waals surface area (Å²) < 4.78 is 1.58.